The first-order chi connectivity index (χ1) is 13.0. The number of carbonyl (C=O) groups excluding carboxylic acids is 3. The summed E-state index contributed by atoms with van der Waals surface area (Å²) in [6, 6.07) is 10.3. The first-order valence-electron chi connectivity index (χ1n) is 8.69. The maximum Gasteiger partial charge on any atom is 0.306 e. The Balaban J connectivity index is 1.62. The lowest BCUT2D eigenvalue weighted by Crippen LogP contribution is -2.35. The maximum absolute atomic E-state index is 11.9. The van der Waals surface area contributed by atoms with E-state index in [1.807, 2.05) is 0 Å². The highest BCUT2D eigenvalue weighted by Crippen LogP contribution is 2.13. The van der Waals surface area contributed by atoms with Gasteiger partial charge in [0.2, 0.25) is 0 Å². The van der Waals surface area contributed by atoms with Crippen LogP contribution in [0.25, 0.3) is 0 Å². The number of hydrogen-bond acceptors (Lipinski definition) is 6. The molecule has 1 heterocycles. The average Bonchev–Trinajstić information content (AvgIpc) is 3.17. The van der Waals surface area contributed by atoms with Gasteiger partial charge in [-0.1, -0.05) is 0 Å². The Morgan fingerprint density at radius 3 is 2.52 bits per heavy atom. The number of rotatable bonds is 10. The van der Waals surface area contributed by atoms with Crippen LogP contribution in [-0.2, 0) is 20.9 Å². The third-order valence-electron chi connectivity index (χ3n) is 3.75. The summed E-state index contributed by atoms with van der Waals surface area (Å²) in [4.78, 5) is 34.9. The van der Waals surface area contributed by atoms with Gasteiger partial charge in [0.05, 0.1) is 19.4 Å². The van der Waals surface area contributed by atoms with Crippen molar-refractivity contribution >= 4 is 17.7 Å². The molecule has 2 aromatic rings. The highest BCUT2D eigenvalue weighted by atomic mass is 16.5. The van der Waals surface area contributed by atoms with E-state index in [0.717, 1.165) is 0 Å². The van der Waals surface area contributed by atoms with Crippen molar-refractivity contribution < 1.29 is 28.3 Å². The van der Waals surface area contributed by atoms with E-state index in [1.54, 1.807) is 36.4 Å². The zero-order valence-corrected chi connectivity index (χ0v) is 15.4. The second-order valence-electron chi connectivity index (χ2n) is 5.96. The molecule has 0 aliphatic heterocycles. The predicted octanol–water partition coefficient (Wildman–Crippen LogP) is 2.89. The van der Waals surface area contributed by atoms with Crippen LogP contribution >= 0.6 is 0 Å². The van der Waals surface area contributed by atoms with E-state index in [-0.39, 0.29) is 24.7 Å². The smallest absolute Gasteiger partial charge is 0.306 e. The summed E-state index contributed by atoms with van der Waals surface area (Å²) in [5.74, 6) is 0.383. The molecule has 144 valence electrons. The fraction of sp³-hybridized carbons (Fsp3) is 0.350. The third kappa shape index (κ3) is 6.97. The Morgan fingerprint density at radius 1 is 1.15 bits per heavy atom. The predicted molar refractivity (Wildman–Crippen MR) is 97.3 cm³/mol. The summed E-state index contributed by atoms with van der Waals surface area (Å²) < 4.78 is 15.7. The van der Waals surface area contributed by atoms with Crippen molar-refractivity contribution in [2.45, 2.75) is 39.3 Å². The minimum atomic E-state index is -0.882. The van der Waals surface area contributed by atoms with Crippen molar-refractivity contribution in [3.05, 3.63) is 54.0 Å². The zero-order valence-electron chi connectivity index (χ0n) is 15.4. The molecule has 0 radical (unpaired) electrons. The SMILES string of the molecule is CC(=O)c1ccc(OCCCC(=O)O[C@H](C)C(=O)NCc2ccco2)cc1. The first kappa shape index (κ1) is 20.2. The largest absolute Gasteiger partial charge is 0.494 e. The Labute approximate surface area is 157 Å². The molecule has 2 rings (SSSR count). The number of esters is 1. The summed E-state index contributed by atoms with van der Waals surface area (Å²) in [6.45, 7) is 3.58. The summed E-state index contributed by atoms with van der Waals surface area (Å²) in [5, 5.41) is 2.63. The van der Waals surface area contributed by atoms with Crippen molar-refractivity contribution in [3.63, 3.8) is 0 Å². The number of benzene rings is 1. The van der Waals surface area contributed by atoms with Gasteiger partial charge in [-0.2, -0.15) is 0 Å². The minimum absolute atomic E-state index is 0.00777. The molecule has 1 N–H and O–H groups in total. The van der Waals surface area contributed by atoms with Crippen LogP contribution in [0.2, 0.25) is 0 Å². The minimum Gasteiger partial charge on any atom is -0.494 e. The molecule has 0 unspecified atom stereocenters. The molecular weight excluding hydrogens is 350 g/mol. The van der Waals surface area contributed by atoms with E-state index < -0.39 is 12.1 Å². The number of ketones is 1. The van der Waals surface area contributed by atoms with Gasteiger partial charge in [-0.15, -0.1) is 0 Å². The van der Waals surface area contributed by atoms with Crippen LogP contribution in [0.4, 0.5) is 0 Å². The highest BCUT2D eigenvalue weighted by molar-refractivity contribution is 5.94. The molecule has 0 aliphatic rings. The molecule has 1 atom stereocenters. The van der Waals surface area contributed by atoms with Crippen molar-refractivity contribution in [1.29, 1.82) is 0 Å². The second-order valence-corrected chi connectivity index (χ2v) is 5.96. The van der Waals surface area contributed by atoms with Crippen LogP contribution in [-0.4, -0.2) is 30.4 Å². The number of furan rings is 1. The lowest BCUT2D eigenvalue weighted by Gasteiger charge is -2.13. The van der Waals surface area contributed by atoms with Crippen LogP contribution in [0.5, 0.6) is 5.75 Å². The van der Waals surface area contributed by atoms with Gasteiger partial charge in [-0.25, -0.2) is 0 Å². The molecule has 0 saturated heterocycles. The van der Waals surface area contributed by atoms with Gasteiger partial charge in [0.25, 0.3) is 5.91 Å². The third-order valence-corrected chi connectivity index (χ3v) is 3.75. The monoisotopic (exact) mass is 373 g/mol. The maximum atomic E-state index is 11.9. The lowest BCUT2D eigenvalue weighted by atomic mass is 10.1. The van der Waals surface area contributed by atoms with Gasteiger partial charge < -0.3 is 19.2 Å². The van der Waals surface area contributed by atoms with Gasteiger partial charge in [0, 0.05) is 12.0 Å². The van der Waals surface area contributed by atoms with E-state index in [9.17, 15) is 14.4 Å². The number of nitrogens with one attached hydrogen (secondary N) is 1. The van der Waals surface area contributed by atoms with Gasteiger partial charge in [-0.3, -0.25) is 14.4 Å². The van der Waals surface area contributed by atoms with E-state index >= 15 is 0 Å². The van der Waals surface area contributed by atoms with Crippen LogP contribution < -0.4 is 10.1 Å². The summed E-state index contributed by atoms with van der Waals surface area (Å²) in [6.07, 6.45) is 1.23. The molecule has 7 heteroatoms. The standard InChI is InChI=1S/C20H23NO6/c1-14(22)16-7-9-17(10-8-16)25-12-4-6-19(23)27-15(2)20(24)21-13-18-5-3-11-26-18/h3,5,7-11,15H,4,6,12-13H2,1-2H3,(H,21,24)/t15-/m1/s1. The fourth-order valence-corrected chi connectivity index (χ4v) is 2.23. The quantitative estimate of drug-likeness (QED) is 0.391. The van der Waals surface area contributed by atoms with Gasteiger partial charge in [0.1, 0.15) is 11.5 Å². The summed E-state index contributed by atoms with van der Waals surface area (Å²) >= 11 is 0. The molecule has 1 aromatic heterocycles. The molecule has 0 fully saturated rings. The molecule has 7 nitrogen and oxygen atoms in total. The second kappa shape index (κ2) is 10.2. The number of hydrogen-bond donors (Lipinski definition) is 1. The van der Waals surface area contributed by atoms with Gasteiger partial charge in [0.15, 0.2) is 11.9 Å². The zero-order chi connectivity index (χ0) is 19.6. The van der Waals surface area contributed by atoms with Crippen LogP contribution in [0.1, 0.15) is 42.8 Å². The summed E-state index contributed by atoms with van der Waals surface area (Å²) in [5.41, 5.74) is 0.616. The van der Waals surface area contributed by atoms with Crippen LogP contribution in [0.15, 0.2) is 47.1 Å². The lowest BCUT2D eigenvalue weighted by molar-refractivity contribution is -0.155. The van der Waals surface area contributed by atoms with E-state index in [4.69, 9.17) is 13.9 Å². The van der Waals surface area contributed by atoms with Crippen LogP contribution in [0, 0.1) is 0 Å². The number of Topliss-reactive ketones (excluding diaryl/α,β-unsaturated/α-hetero) is 1. The Morgan fingerprint density at radius 2 is 1.89 bits per heavy atom. The average molecular weight is 373 g/mol. The van der Waals surface area contributed by atoms with Crippen molar-refractivity contribution in [2.75, 3.05) is 6.61 Å². The number of ether oxygens (including phenoxy) is 2. The Bertz CT molecular complexity index is 751. The summed E-state index contributed by atoms with van der Waals surface area (Å²) in [7, 11) is 0. The van der Waals surface area contributed by atoms with Crippen molar-refractivity contribution in [3.8, 4) is 5.75 Å². The fourth-order valence-electron chi connectivity index (χ4n) is 2.23. The molecule has 1 amide bonds. The molecule has 0 spiro atoms. The topological polar surface area (TPSA) is 94.8 Å². The van der Waals surface area contributed by atoms with E-state index in [0.29, 0.717) is 30.1 Å². The Hall–Kier alpha value is -3.09. The van der Waals surface area contributed by atoms with E-state index in [1.165, 1.54) is 20.1 Å². The highest BCUT2D eigenvalue weighted by Gasteiger charge is 2.17. The Kier molecular flexibility index (Phi) is 7.61. The van der Waals surface area contributed by atoms with Gasteiger partial charge >= 0.3 is 5.97 Å². The van der Waals surface area contributed by atoms with Crippen molar-refractivity contribution in [2.24, 2.45) is 0 Å². The molecule has 0 saturated carbocycles. The van der Waals surface area contributed by atoms with E-state index in [2.05, 4.69) is 5.32 Å². The normalized spacial score (nSPS) is 11.5. The van der Waals surface area contributed by atoms with Crippen molar-refractivity contribution in [1.82, 2.24) is 5.32 Å². The molecule has 1 aromatic carbocycles. The number of amides is 1. The molecule has 0 bridgehead atoms. The molecular formula is C20H23NO6. The molecule has 27 heavy (non-hydrogen) atoms. The van der Waals surface area contributed by atoms with Crippen LogP contribution in [0.3, 0.4) is 0 Å². The number of carbonyl (C=O) groups is 3. The van der Waals surface area contributed by atoms with Gasteiger partial charge in [-0.05, 0) is 56.7 Å². The molecule has 0 aliphatic carbocycles. The first-order valence-corrected chi connectivity index (χ1v) is 8.69.